The number of fused-ring (bicyclic) bond motifs is 1. The van der Waals surface area contributed by atoms with E-state index in [1.54, 1.807) is 35.5 Å². The van der Waals surface area contributed by atoms with Crippen molar-refractivity contribution in [3.63, 3.8) is 0 Å². The van der Waals surface area contributed by atoms with Crippen LogP contribution in [0.5, 0.6) is 5.75 Å². The smallest absolute Gasteiger partial charge is 0.383 e. The summed E-state index contributed by atoms with van der Waals surface area (Å²) in [7, 11) is -1.78. The van der Waals surface area contributed by atoms with E-state index < -0.39 is 21.9 Å². The van der Waals surface area contributed by atoms with Crippen molar-refractivity contribution in [3.05, 3.63) is 53.6 Å². The highest BCUT2D eigenvalue weighted by atomic mass is 32.2. The molecule has 36 heavy (non-hydrogen) atoms. The summed E-state index contributed by atoms with van der Waals surface area (Å²) in [6.07, 6.45) is -1.55. The molecule has 8 nitrogen and oxygen atoms in total. The molecule has 0 amide bonds. The molecule has 0 spiro atoms. The summed E-state index contributed by atoms with van der Waals surface area (Å²) >= 11 is 1.55. The van der Waals surface area contributed by atoms with Gasteiger partial charge in [-0.3, -0.25) is 0 Å². The summed E-state index contributed by atoms with van der Waals surface area (Å²) in [5.74, 6) is 1.60. The van der Waals surface area contributed by atoms with E-state index >= 15 is 0 Å². The Bertz CT molecular complexity index is 1310. The van der Waals surface area contributed by atoms with Gasteiger partial charge in [-0.05, 0) is 48.7 Å². The number of hydrogen-bond donors (Lipinski definition) is 2. The van der Waals surface area contributed by atoms with Crippen LogP contribution >= 0.6 is 11.8 Å². The minimum Gasteiger partial charge on any atom is -0.383 e. The number of nitrogens with one attached hydrogen (secondary N) is 2. The van der Waals surface area contributed by atoms with Crippen LogP contribution < -0.4 is 14.8 Å². The van der Waals surface area contributed by atoms with Gasteiger partial charge in [-0.2, -0.15) is 21.6 Å². The number of halogens is 3. The first kappa shape index (κ1) is 26.3. The van der Waals surface area contributed by atoms with Crippen LogP contribution in [0.3, 0.4) is 0 Å². The van der Waals surface area contributed by atoms with Gasteiger partial charge in [-0.25, -0.2) is 0 Å². The van der Waals surface area contributed by atoms with Crippen molar-refractivity contribution < 1.29 is 25.8 Å². The van der Waals surface area contributed by atoms with E-state index in [0.717, 1.165) is 54.8 Å². The Balaban J connectivity index is 1.27. The quantitative estimate of drug-likeness (QED) is 0.248. The zero-order valence-corrected chi connectivity index (χ0v) is 21.3. The predicted octanol–water partition coefficient (Wildman–Crippen LogP) is 4.30. The van der Waals surface area contributed by atoms with Gasteiger partial charge >= 0.3 is 16.3 Å². The van der Waals surface area contributed by atoms with Crippen molar-refractivity contribution in [2.24, 2.45) is 7.05 Å². The molecule has 0 aliphatic carbocycles. The SMILES string of the molecule is Cn1c(SCCCC2CNc3ccc(OS(C)(=O)=O)cc3CN2)nnc1-c1ccc(C(F)(F)F)cc1. The monoisotopic (exact) mass is 541 g/mol. The van der Waals surface area contributed by atoms with Crippen LogP contribution in [0, 0.1) is 0 Å². The molecule has 2 aromatic carbocycles. The van der Waals surface area contributed by atoms with E-state index in [9.17, 15) is 21.6 Å². The predicted molar refractivity (Wildman–Crippen MR) is 132 cm³/mol. The second-order valence-electron chi connectivity index (χ2n) is 8.50. The molecule has 2 heterocycles. The molecule has 1 unspecified atom stereocenters. The first-order valence-electron chi connectivity index (χ1n) is 11.2. The van der Waals surface area contributed by atoms with E-state index in [-0.39, 0.29) is 11.8 Å². The van der Waals surface area contributed by atoms with Crippen molar-refractivity contribution in [1.82, 2.24) is 20.1 Å². The van der Waals surface area contributed by atoms with Gasteiger partial charge in [0, 0.05) is 43.2 Å². The standard InChI is InChI=1S/C23H26F3N5O3S2/c1-31-21(15-5-7-17(8-6-15)23(24,25)26)29-30-22(31)35-11-3-4-18-14-28-20-10-9-19(34-36(2,32)33)12-16(20)13-27-18/h5-10,12,18,27-28H,3-4,11,13-14H2,1-2H3. The molecule has 0 saturated carbocycles. The fourth-order valence-corrected chi connectivity index (χ4v) is 5.20. The minimum absolute atomic E-state index is 0.222. The van der Waals surface area contributed by atoms with Crippen LogP contribution in [0.2, 0.25) is 0 Å². The van der Waals surface area contributed by atoms with Crippen LogP contribution in [0.1, 0.15) is 24.0 Å². The number of anilines is 1. The van der Waals surface area contributed by atoms with Crippen LogP contribution in [0.4, 0.5) is 18.9 Å². The van der Waals surface area contributed by atoms with Crippen LogP contribution in [0.25, 0.3) is 11.4 Å². The molecule has 194 valence electrons. The normalized spacial score (nSPS) is 16.2. The molecule has 1 atom stereocenters. The van der Waals surface area contributed by atoms with Gasteiger partial charge in [-0.15, -0.1) is 10.2 Å². The molecule has 0 bridgehead atoms. The van der Waals surface area contributed by atoms with Gasteiger partial charge in [0.1, 0.15) is 5.75 Å². The molecule has 3 aromatic rings. The Morgan fingerprint density at radius 2 is 1.92 bits per heavy atom. The second-order valence-corrected chi connectivity index (χ2v) is 11.1. The van der Waals surface area contributed by atoms with Gasteiger partial charge in [0.15, 0.2) is 11.0 Å². The molecule has 1 aromatic heterocycles. The number of rotatable bonds is 8. The average molecular weight is 542 g/mol. The summed E-state index contributed by atoms with van der Waals surface area (Å²) in [6.45, 7) is 1.31. The van der Waals surface area contributed by atoms with Gasteiger partial charge in [-0.1, -0.05) is 23.9 Å². The van der Waals surface area contributed by atoms with Crippen LogP contribution in [-0.2, 0) is 29.9 Å². The molecule has 2 N–H and O–H groups in total. The van der Waals surface area contributed by atoms with Gasteiger partial charge in [0.25, 0.3) is 0 Å². The second kappa shape index (κ2) is 10.7. The third kappa shape index (κ3) is 6.71. The van der Waals surface area contributed by atoms with Crippen molar-refractivity contribution in [1.29, 1.82) is 0 Å². The minimum atomic E-state index is -4.38. The first-order chi connectivity index (χ1) is 17.0. The summed E-state index contributed by atoms with van der Waals surface area (Å²) in [4.78, 5) is 0. The Labute approximate surface area is 211 Å². The summed E-state index contributed by atoms with van der Waals surface area (Å²) in [5, 5.41) is 15.9. The molecular weight excluding hydrogens is 515 g/mol. The van der Waals surface area contributed by atoms with E-state index in [1.165, 1.54) is 12.1 Å². The molecule has 13 heteroatoms. The Morgan fingerprint density at radius 3 is 2.61 bits per heavy atom. The lowest BCUT2D eigenvalue weighted by molar-refractivity contribution is -0.137. The third-order valence-electron chi connectivity index (χ3n) is 5.68. The topological polar surface area (TPSA) is 98.1 Å². The van der Waals surface area contributed by atoms with Gasteiger partial charge in [0.05, 0.1) is 11.8 Å². The molecule has 0 saturated heterocycles. The Morgan fingerprint density at radius 1 is 1.17 bits per heavy atom. The Kier molecular flexibility index (Phi) is 7.81. The number of nitrogens with zero attached hydrogens (tertiary/aromatic N) is 3. The lowest BCUT2D eigenvalue weighted by Crippen LogP contribution is -2.32. The van der Waals surface area contributed by atoms with Crippen molar-refractivity contribution in [2.45, 2.75) is 36.8 Å². The third-order valence-corrected chi connectivity index (χ3v) is 7.28. The largest absolute Gasteiger partial charge is 0.416 e. The van der Waals surface area contributed by atoms with Gasteiger partial charge < -0.3 is 19.4 Å². The maximum Gasteiger partial charge on any atom is 0.416 e. The maximum absolute atomic E-state index is 12.8. The molecule has 4 rings (SSSR count). The van der Waals surface area contributed by atoms with E-state index in [0.29, 0.717) is 23.1 Å². The number of alkyl halides is 3. The maximum atomic E-state index is 12.8. The fraction of sp³-hybridized carbons (Fsp3) is 0.391. The van der Waals surface area contributed by atoms with E-state index in [1.807, 2.05) is 6.07 Å². The van der Waals surface area contributed by atoms with E-state index in [4.69, 9.17) is 4.18 Å². The average Bonchev–Trinajstić information content (AvgIpc) is 3.04. The fourth-order valence-electron chi connectivity index (χ4n) is 3.87. The molecular formula is C23H26F3N5O3S2. The van der Waals surface area contributed by atoms with Crippen molar-refractivity contribution >= 4 is 27.6 Å². The van der Waals surface area contributed by atoms with Crippen LogP contribution in [0.15, 0.2) is 47.6 Å². The molecule has 1 aliphatic heterocycles. The van der Waals surface area contributed by atoms with Crippen molar-refractivity contribution in [2.75, 3.05) is 23.9 Å². The van der Waals surface area contributed by atoms with Gasteiger partial charge in [0.2, 0.25) is 0 Å². The summed E-state index contributed by atoms with van der Waals surface area (Å²) in [6, 6.07) is 10.3. The number of aromatic nitrogens is 3. The molecule has 0 fully saturated rings. The highest BCUT2D eigenvalue weighted by molar-refractivity contribution is 7.99. The number of hydrogen-bond acceptors (Lipinski definition) is 8. The highest BCUT2D eigenvalue weighted by Gasteiger charge is 2.30. The number of thioether (sulfide) groups is 1. The lowest BCUT2D eigenvalue weighted by atomic mass is 10.1. The highest BCUT2D eigenvalue weighted by Crippen LogP contribution is 2.31. The summed E-state index contributed by atoms with van der Waals surface area (Å²) in [5.41, 5.74) is 1.75. The van der Waals surface area contributed by atoms with Crippen molar-refractivity contribution in [3.8, 4) is 17.1 Å². The summed E-state index contributed by atoms with van der Waals surface area (Å²) < 4.78 is 67.9. The Hall–Kier alpha value is -2.77. The molecule has 0 radical (unpaired) electrons. The molecule has 1 aliphatic rings. The van der Waals surface area contributed by atoms with E-state index in [2.05, 4.69) is 20.8 Å². The number of benzene rings is 2. The zero-order chi connectivity index (χ0) is 25.9. The zero-order valence-electron chi connectivity index (χ0n) is 19.7. The van der Waals surface area contributed by atoms with Crippen LogP contribution in [-0.4, -0.2) is 47.8 Å². The lowest BCUT2D eigenvalue weighted by Gasteiger charge is -2.15. The first-order valence-corrected chi connectivity index (χ1v) is 14.0.